The Morgan fingerprint density at radius 2 is 1.88 bits per heavy atom. The molecule has 1 N–H and O–H groups in total. The fourth-order valence-corrected chi connectivity index (χ4v) is 4.34. The first-order valence-corrected chi connectivity index (χ1v) is 11.5. The maximum Gasteiger partial charge on any atom is 0.227 e. The number of anilines is 2. The summed E-state index contributed by atoms with van der Waals surface area (Å²) < 4.78 is 20.6. The number of hydrogen-bond acceptors (Lipinski definition) is 6. The molecule has 0 bridgehead atoms. The van der Waals surface area contributed by atoms with Crippen molar-refractivity contribution in [2.75, 3.05) is 36.4 Å². The lowest BCUT2D eigenvalue weighted by molar-refractivity contribution is -0.120. The van der Waals surface area contributed by atoms with Crippen molar-refractivity contribution in [1.29, 1.82) is 0 Å². The number of oxazole rings is 1. The molecule has 0 spiro atoms. The number of aromatic nitrogens is 2. The van der Waals surface area contributed by atoms with E-state index in [2.05, 4.69) is 20.2 Å². The maximum atomic E-state index is 15.0. The first-order valence-electron chi connectivity index (χ1n) is 11.5. The number of piperazine rings is 1. The molecule has 3 aromatic rings. The lowest BCUT2D eigenvalue weighted by Gasteiger charge is -2.39. The zero-order valence-corrected chi connectivity index (χ0v) is 19.1. The fourth-order valence-electron chi connectivity index (χ4n) is 4.34. The van der Waals surface area contributed by atoms with E-state index in [1.165, 1.54) is 6.07 Å². The van der Waals surface area contributed by atoms with Crippen molar-refractivity contribution in [3.63, 3.8) is 0 Å². The van der Waals surface area contributed by atoms with Gasteiger partial charge in [0, 0.05) is 44.0 Å². The quantitative estimate of drug-likeness (QED) is 0.544. The van der Waals surface area contributed by atoms with Crippen molar-refractivity contribution in [3.8, 4) is 0 Å². The maximum absolute atomic E-state index is 15.0. The van der Waals surface area contributed by atoms with Crippen LogP contribution in [0.1, 0.15) is 44.3 Å². The number of carbonyl (C=O) groups excluding carboxylic acids is 1. The molecule has 8 heteroatoms. The normalized spacial score (nSPS) is 15.6. The smallest absolute Gasteiger partial charge is 0.227 e. The molecule has 1 aliphatic heterocycles. The Balaban J connectivity index is 1.43. The molecule has 1 aliphatic rings. The highest BCUT2D eigenvalue weighted by Crippen LogP contribution is 2.30. The average molecular weight is 452 g/mol. The highest BCUT2D eigenvalue weighted by Gasteiger charge is 2.31. The van der Waals surface area contributed by atoms with Crippen molar-refractivity contribution in [2.24, 2.45) is 5.92 Å². The Morgan fingerprint density at radius 1 is 1.09 bits per heavy atom. The summed E-state index contributed by atoms with van der Waals surface area (Å²) in [5.41, 5.74) is 1.91. The van der Waals surface area contributed by atoms with Gasteiger partial charge in [-0.25, -0.2) is 9.37 Å². The van der Waals surface area contributed by atoms with Crippen LogP contribution in [0, 0.1) is 11.7 Å². The molecule has 1 saturated heterocycles. The first kappa shape index (κ1) is 22.9. The van der Waals surface area contributed by atoms with Gasteiger partial charge in [-0.15, -0.1) is 0 Å². The average Bonchev–Trinajstić information content (AvgIpc) is 3.36. The predicted octanol–water partition coefficient (Wildman–Crippen LogP) is 4.50. The van der Waals surface area contributed by atoms with Gasteiger partial charge in [-0.3, -0.25) is 14.7 Å². The van der Waals surface area contributed by atoms with Crippen LogP contribution in [0.5, 0.6) is 0 Å². The van der Waals surface area contributed by atoms with Crippen LogP contribution >= 0.6 is 0 Å². The topological polar surface area (TPSA) is 74.5 Å². The van der Waals surface area contributed by atoms with Crippen LogP contribution in [-0.4, -0.2) is 47.0 Å². The highest BCUT2D eigenvalue weighted by atomic mass is 19.1. The fraction of sp³-hybridized carbons (Fsp3) is 0.400. The minimum atomic E-state index is -0.334. The molecule has 0 saturated carbocycles. The lowest BCUT2D eigenvalue weighted by Crippen LogP contribution is -2.48. The lowest BCUT2D eigenvalue weighted by atomic mass is 10.0. The van der Waals surface area contributed by atoms with Crippen LogP contribution in [-0.2, 0) is 4.79 Å². The molecule has 1 fully saturated rings. The third kappa shape index (κ3) is 5.22. The second-order valence-corrected chi connectivity index (χ2v) is 8.22. The molecule has 1 unspecified atom stereocenters. The van der Waals surface area contributed by atoms with Crippen LogP contribution in [0.3, 0.4) is 0 Å². The number of hydrogen-bond donors (Lipinski definition) is 1. The van der Waals surface area contributed by atoms with E-state index in [1.807, 2.05) is 36.9 Å². The van der Waals surface area contributed by atoms with E-state index < -0.39 is 0 Å². The van der Waals surface area contributed by atoms with Crippen LogP contribution in [0.25, 0.3) is 0 Å². The van der Waals surface area contributed by atoms with Crippen LogP contribution in [0.2, 0.25) is 0 Å². The third-order valence-corrected chi connectivity index (χ3v) is 6.24. The van der Waals surface area contributed by atoms with E-state index in [1.54, 1.807) is 30.8 Å². The van der Waals surface area contributed by atoms with Crippen molar-refractivity contribution in [2.45, 2.75) is 32.7 Å². The number of nitrogens with zero attached hydrogens (tertiary/aromatic N) is 4. The predicted molar refractivity (Wildman–Crippen MR) is 125 cm³/mol. The standard InChI is InChI=1S/C25H30FN5O2/c1-3-18(4-2)24(32)29-19-8-9-22(20(26)17-19)30-12-14-31(15-13-30)23(25-28-11-16-33-25)21-7-5-6-10-27-21/h5-11,16-18,23H,3-4,12-15H2,1-2H3,(H,29,32). The summed E-state index contributed by atoms with van der Waals surface area (Å²) in [6, 6.07) is 10.5. The van der Waals surface area contributed by atoms with E-state index in [0.717, 1.165) is 18.5 Å². The number of nitrogens with one attached hydrogen (secondary N) is 1. The molecule has 4 rings (SSSR count). The number of amides is 1. The molecule has 174 valence electrons. The molecule has 2 aromatic heterocycles. The highest BCUT2D eigenvalue weighted by molar-refractivity contribution is 5.92. The van der Waals surface area contributed by atoms with Gasteiger partial charge in [-0.1, -0.05) is 19.9 Å². The van der Waals surface area contributed by atoms with Gasteiger partial charge in [0.15, 0.2) is 0 Å². The summed E-state index contributed by atoms with van der Waals surface area (Å²) in [4.78, 5) is 25.5. The summed E-state index contributed by atoms with van der Waals surface area (Å²) in [6.07, 6.45) is 6.50. The monoisotopic (exact) mass is 451 g/mol. The zero-order chi connectivity index (χ0) is 23.2. The van der Waals surface area contributed by atoms with Gasteiger partial charge in [0.2, 0.25) is 11.8 Å². The molecule has 1 atom stereocenters. The van der Waals surface area contributed by atoms with Gasteiger partial charge in [0.1, 0.15) is 18.1 Å². The summed E-state index contributed by atoms with van der Waals surface area (Å²) in [6.45, 7) is 6.68. The molecule has 7 nitrogen and oxygen atoms in total. The second-order valence-electron chi connectivity index (χ2n) is 8.22. The van der Waals surface area contributed by atoms with E-state index in [-0.39, 0.29) is 23.7 Å². The Labute approximate surface area is 193 Å². The largest absolute Gasteiger partial charge is 0.447 e. The summed E-state index contributed by atoms with van der Waals surface area (Å²) >= 11 is 0. The van der Waals surface area contributed by atoms with E-state index in [4.69, 9.17) is 4.42 Å². The van der Waals surface area contributed by atoms with E-state index >= 15 is 0 Å². The van der Waals surface area contributed by atoms with Crippen LogP contribution in [0.4, 0.5) is 15.8 Å². The molecule has 1 amide bonds. The molecule has 1 aromatic carbocycles. The molecular weight excluding hydrogens is 421 g/mol. The van der Waals surface area contributed by atoms with Crippen LogP contribution < -0.4 is 10.2 Å². The summed E-state index contributed by atoms with van der Waals surface area (Å²) in [5.74, 6) is 0.148. The Bertz CT molecular complexity index is 1030. The summed E-state index contributed by atoms with van der Waals surface area (Å²) in [5, 5.41) is 2.84. The number of rotatable bonds is 8. The molecular formula is C25H30FN5O2. The Morgan fingerprint density at radius 3 is 2.48 bits per heavy atom. The molecule has 0 radical (unpaired) electrons. The van der Waals surface area contributed by atoms with Crippen molar-refractivity contribution in [3.05, 3.63) is 72.5 Å². The molecule has 3 heterocycles. The minimum absolute atomic E-state index is 0.0588. The van der Waals surface area contributed by atoms with Crippen molar-refractivity contribution < 1.29 is 13.6 Å². The van der Waals surface area contributed by atoms with Gasteiger partial charge in [0.05, 0.1) is 17.6 Å². The first-order chi connectivity index (χ1) is 16.1. The molecule has 33 heavy (non-hydrogen) atoms. The van der Waals surface area contributed by atoms with Gasteiger partial charge in [-0.2, -0.15) is 0 Å². The van der Waals surface area contributed by atoms with E-state index in [9.17, 15) is 9.18 Å². The SMILES string of the molecule is CCC(CC)C(=O)Nc1ccc(N2CCN(C(c3ccccn3)c3ncco3)CC2)c(F)c1. The van der Waals surface area contributed by atoms with E-state index in [0.29, 0.717) is 43.4 Å². The number of carbonyl (C=O) groups is 1. The van der Waals surface area contributed by atoms with Gasteiger partial charge in [0.25, 0.3) is 0 Å². The summed E-state index contributed by atoms with van der Waals surface area (Å²) in [7, 11) is 0. The minimum Gasteiger partial charge on any atom is -0.447 e. The van der Waals surface area contributed by atoms with Gasteiger partial charge in [-0.05, 0) is 43.2 Å². The zero-order valence-electron chi connectivity index (χ0n) is 19.1. The van der Waals surface area contributed by atoms with Crippen molar-refractivity contribution >= 4 is 17.3 Å². The third-order valence-electron chi connectivity index (χ3n) is 6.24. The van der Waals surface area contributed by atoms with Crippen molar-refractivity contribution in [1.82, 2.24) is 14.9 Å². The Hall–Kier alpha value is -3.26. The Kier molecular flexibility index (Phi) is 7.34. The van der Waals surface area contributed by atoms with Gasteiger partial charge >= 0.3 is 0 Å². The number of pyridine rings is 1. The second kappa shape index (κ2) is 10.6. The van der Waals surface area contributed by atoms with Crippen LogP contribution in [0.15, 0.2) is 59.5 Å². The number of benzene rings is 1. The number of halogens is 1. The van der Waals surface area contributed by atoms with Gasteiger partial charge < -0.3 is 14.6 Å². The molecule has 0 aliphatic carbocycles.